The summed E-state index contributed by atoms with van der Waals surface area (Å²) in [6, 6.07) is 6.86. The molecule has 0 saturated heterocycles. The topological polar surface area (TPSA) is 63.3 Å². The van der Waals surface area contributed by atoms with Gasteiger partial charge in [0.2, 0.25) is 0 Å². The lowest BCUT2D eigenvalue weighted by Gasteiger charge is -2.02. The number of phenolic OH excluding ortho intramolecular Hbond substituents is 1. The van der Waals surface area contributed by atoms with E-state index in [0.717, 1.165) is 35.4 Å². The third kappa shape index (κ3) is 2.62. The van der Waals surface area contributed by atoms with Gasteiger partial charge in [0.25, 0.3) is 0 Å². The monoisotopic (exact) mass is 267 g/mol. The molecule has 0 spiro atoms. The van der Waals surface area contributed by atoms with Crippen LogP contribution in [0, 0.1) is 0 Å². The first-order valence-corrected chi connectivity index (χ1v) is 6.71. The summed E-state index contributed by atoms with van der Waals surface area (Å²) in [6.07, 6.45) is 3.04. The maximum atomic E-state index is 10.9. The van der Waals surface area contributed by atoms with E-state index in [4.69, 9.17) is 12.4 Å². The van der Waals surface area contributed by atoms with Gasteiger partial charge in [-0.15, -0.1) is 0 Å². The molecule has 0 aliphatic heterocycles. The zero-order valence-electron chi connectivity index (χ0n) is 11.0. The standard InChI is InChI=1S/C15H14BNO3/c16-13(19)8-7-12-14(9-1-2-9)15(20-17-12)10-3-5-11(18)6-4-10/h3-6,9,18H,1-2,7-8H2. The summed E-state index contributed by atoms with van der Waals surface area (Å²) in [4.78, 5) is 10.9. The zero-order valence-corrected chi connectivity index (χ0v) is 11.0. The number of hydrogen-bond donors (Lipinski definition) is 1. The van der Waals surface area contributed by atoms with Crippen molar-refractivity contribution < 1.29 is 14.4 Å². The fourth-order valence-corrected chi connectivity index (χ4v) is 2.37. The van der Waals surface area contributed by atoms with Crippen LogP contribution in [0.2, 0.25) is 0 Å². The molecule has 0 unspecified atom stereocenters. The van der Waals surface area contributed by atoms with Gasteiger partial charge in [-0.1, -0.05) is 5.16 Å². The number of rotatable bonds is 5. The molecule has 1 aromatic carbocycles. The third-order valence-corrected chi connectivity index (χ3v) is 3.53. The molecular formula is C15H14BNO3. The first-order valence-electron chi connectivity index (χ1n) is 6.71. The number of benzene rings is 1. The second-order valence-corrected chi connectivity index (χ2v) is 5.16. The van der Waals surface area contributed by atoms with E-state index in [-0.39, 0.29) is 17.9 Å². The fourth-order valence-electron chi connectivity index (χ4n) is 2.37. The summed E-state index contributed by atoms with van der Waals surface area (Å²) >= 11 is 0. The Hall–Kier alpha value is -2.04. The number of nitrogens with zero attached hydrogens (tertiary/aromatic N) is 1. The minimum absolute atomic E-state index is 0.218. The van der Waals surface area contributed by atoms with Gasteiger partial charge in [-0.05, 0) is 49.4 Å². The minimum atomic E-state index is -0.332. The quantitative estimate of drug-likeness (QED) is 0.845. The number of hydrogen-bond acceptors (Lipinski definition) is 4. The van der Waals surface area contributed by atoms with Crippen LogP contribution in [0.5, 0.6) is 5.75 Å². The molecule has 1 aliphatic carbocycles. The number of carbonyl (C=O) groups excluding carboxylic acids is 1. The maximum Gasteiger partial charge on any atom is 0.170 e. The fraction of sp³-hybridized carbons (Fsp3) is 0.333. The average Bonchev–Trinajstić information content (AvgIpc) is 3.17. The van der Waals surface area contributed by atoms with Crippen molar-refractivity contribution >= 4 is 13.5 Å². The molecule has 100 valence electrons. The van der Waals surface area contributed by atoms with Gasteiger partial charge in [0.15, 0.2) is 13.6 Å². The first-order chi connectivity index (χ1) is 9.65. The molecule has 0 atom stereocenters. The number of carbonyl (C=O) groups is 1. The predicted octanol–water partition coefficient (Wildman–Crippen LogP) is 2.55. The van der Waals surface area contributed by atoms with E-state index in [1.54, 1.807) is 24.3 Å². The lowest BCUT2D eigenvalue weighted by atomic mass is 9.94. The van der Waals surface area contributed by atoms with Gasteiger partial charge < -0.3 is 14.4 Å². The molecule has 4 nitrogen and oxygen atoms in total. The van der Waals surface area contributed by atoms with E-state index < -0.39 is 0 Å². The van der Waals surface area contributed by atoms with E-state index in [2.05, 4.69) is 5.16 Å². The van der Waals surface area contributed by atoms with Crippen molar-refractivity contribution in [1.29, 1.82) is 0 Å². The number of phenols is 1. The van der Waals surface area contributed by atoms with Gasteiger partial charge in [-0.25, -0.2) is 0 Å². The summed E-state index contributed by atoms with van der Waals surface area (Å²) in [5.41, 5.74) is 2.48. The van der Waals surface area contributed by atoms with E-state index >= 15 is 0 Å². The van der Waals surface area contributed by atoms with Crippen molar-refractivity contribution in [2.24, 2.45) is 0 Å². The van der Waals surface area contributed by atoms with Crippen LogP contribution in [-0.4, -0.2) is 23.8 Å². The molecule has 1 aliphatic rings. The Morgan fingerprint density at radius 3 is 2.65 bits per heavy atom. The van der Waals surface area contributed by atoms with Crippen LogP contribution in [0.4, 0.5) is 0 Å². The number of aromatic hydroxyl groups is 1. The highest BCUT2D eigenvalue weighted by Gasteiger charge is 2.32. The van der Waals surface area contributed by atoms with Crippen molar-refractivity contribution in [3.05, 3.63) is 35.5 Å². The Labute approximate surface area is 118 Å². The lowest BCUT2D eigenvalue weighted by molar-refractivity contribution is -0.111. The molecular weight excluding hydrogens is 253 g/mol. The Bertz CT molecular complexity index is 629. The maximum absolute atomic E-state index is 10.9. The first kappa shape index (κ1) is 13.0. The molecule has 0 amide bonds. The normalized spacial score (nSPS) is 14.4. The molecule has 20 heavy (non-hydrogen) atoms. The van der Waals surface area contributed by atoms with Gasteiger partial charge in [0, 0.05) is 17.5 Å². The molecule has 2 radical (unpaired) electrons. The molecule has 1 heterocycles. The summed E-state index contributed by atoms with van der Waals surface area (Å²) in [6.45, 7) is 0. The second kappa shape index (κ2) is 5.15. The summed E-state index contributed by atoms with van der Waals surface area (Å²) in [5, 5.41) is 13.5. The van der Waals surface area contributed by atoms with Crippen molar-refractivity contribution in [3.63, 3.8) is 0 Å². The summed E-state index contributed by atoms with van der Waals surface area (Å²) < 4.78 is 5.47. The van der Waals surface area contributed by atoms with Crippen molar-refractivity contribution in [2.75, 3.05) is 0 Å². The highest BCUT2D eigenvalue weighted by atomic mass is 16.5. The van der Waals surface area contributed by atoms with Crippen LogP contribution in [-0.2, 0) is 11.2 Å². The van der Waals surface area contributed by atoms with Crippen LogP contribution < -0.4 is 0 Å². The summed E-state index contributed by atoms with van der Waals surface area (Å²) in [7, 11) is 5.19. The smallest absolute Gasteiger partial charge is 0.170 e. The van der Waals surface area contributed by atoms with Gasteiger partial charge >= 0.3 is 0 Å². The molecule has 1 N–H and O–H groups in total. The SMILES string of the molecule is [B]C(=O)CCc1noc(-c2ccc(O)cc2)c1C1CC1. The van der Waals surface area contributed by atoms with Crippen LogP contribution >= 0.6 is 0 Å². The Morgan fingerprint density at radius 1 is 1.35 bits per heavy atom. The molecule has 1 saturated carbocycles. The van der Waals surface area contributed by atoms with Crippen molar-refractivity contribution in [2.45, 2.75) is 31.6 Å². The van der Waals surface area contributed by atoms with Crippen LogP contribution in [0.3, 0.4) is 0 Å². The molecule has 3 rings (SSSR count). The Balaban J connectivity index is 1.94. The molecule has 1 aromatic heterocycles. The van der Waals surface area contributed by atoms with Gasteiger partial charge in [0.05, 0.1) is 11.4 Å². The van der Waals surface area contributed by atoms with Gasteiger partial charge in [0.1, 0.15) is 5.75 Å². The second-order valence-electron chi connectivity index (χ2n) is 5.16. The molecule has 1 fully saturated rings. The highest BCUT2D eigenvalue weighted by Crippen LogP contribution is 2.46. The largest absolute Gasteiger partial charge is 0.508 e. The number of aromatic nitrogens is 1. The zero-order chi connectivity index (χ0) is 14.1. The van der Waals surface area contributed by atoms with E-state index in [1.165, 1.54) is 0 Å². The molecule has 2 aromatic rings. The van der Waals surface area contributed by atoms with E-state index in [1.807, 2.05) is 0 Å². The van der Waals surface area contributed by atoms with Gasteiger partial charge in [-0.3, -0.25) is 0 Å². The molecule has 5 heteroatoms. The molecule has 0 bridgehead atoms. The average molecular weight is 267 g/mol. The van der Waals surface area contributed by atoms with E-state index in [9.17, 15) is 9.90 Å². The summed E-state index contributed by atoms with van der Waals surface area (Å²) in [5.74, 6) is 1.43. The Kier molecular flexibility index (Phi) is 3.34. The van der Waals surface area contributed by atoms with Crippen molar-refractivity contribution in [1.82, 2.24) is 5.16 Å². The van der Waals surface area contributed by atoms with Gasteiger partial charge in [-0.2, -0.15) is 0 Å². The van der Waals surface area contributed by atoms with E-state index in [0.29, 0.717) is 12.3 Å². The minimum Gasteiger partial charge on any atom is -0.508 e. The van der Waals surface area contributed by atoms with Crippen LogP contribution in [0.25, 0.3) is 11.3 Å². The lowest BCUT2D eigenvalue weighted by Crippen LogP contribution is -2.00. The Morgan fingerprint density at radius 2 is 2.05 bits per heavy atom. The highest BCUT2D eigenvalue weighted by molar-refractivity contribution is 6.57. The van der Waals surface area contributed by atoms with Crippen LogP contribution in [0.15, 0.2) is 28.8 Å². The third-order valence-electron chi connectivity index (χ3n) is 3.53. The van der Waals surface area contributed by atoms with Crippen molar-refractivity contribution in [3.8, 4) is 17.1 Å². The van der Waals surface area contributed by atoms with Crippen LogP contribution in [0.1, 0.15) is 36.4 Å². The number of aryl methyl sites for hydroxylation is 1. The predicted molar refractivity (Wildman–Crippen MR) is 74.7 cm³/mol.